The van der Waals surface area contributed by atoms with Gasteiger partial charge in [-0.3, -0.25) is 4.72 Å². The van der Waals surface area contributed by atoms with E-state index in [1.807, 2.05) is 0 Å². The Hall–Kier alpha value is -1.40. The van der Waals surface area contributed by atoms with Gasteiger partial charge in [0.1, 0.15) is 0 Å². The highest BCUT2D eigenvalue weighted by molar-refractivity contribution is 7.92. The second-order valence-corrected chi connectivity index (χ2v) is 5.15. The summed E-state index contributed by atoms with van der Waals surface area (Å²) >= 11 is 1.20. The molecule has 0 aliphatic heterocycles. The Morgan fingerprint density at radius 2 is 1.87 bits per heavy atom. The third-order valence-corrected chi connectivity index (χ3v) is 3.66. The second-order valence-electron chi connectivity index (χ2n) is 2.80. The van der Waals surface area contributed by atoms with Gasteiger partial charge >= 0.3 is 0 Å². The molecule has 0 atom stereocenters. The lowest BCUT2D eigenvalue weighted by atomic mass is 10.4. The zero-order valence-electron chi connectivity index (χ0n) is 7.62. The fourth-order valence-electron chi connectivity index (χ4n) is 1.06. The molecule has 6 heteroatoms. The smallest absolute Gasteiger partial charge is 0.263 e. The van der Waals surface area contributed by atoms with Crippen LogP contribution in [0.15, 0.2) is 46.7 Å². The first-order chi connectivity index (χ1) is 7.18. The standard InChI is InChI=1S/C9H8N2O2S2/c12-15(13,8-4-2-1-3-5-8)11-9-6-7-14-10-9/h1-7H,(H,10,11). The lowest BCUT2D eigenvalue weighted by Crippen LogP contribution is -2.12. The van der Waals surface area contributed by atoms with E-state index in [9.17, 15) is 8.42 Å². The largest absolute Gasteiger partial charge is 0.263 e. The minimum atomic E-state index is -3.49. The fraction of sp³-hybridized carbons (Fsp3) is 0. The van der Waals surface area contributed by atoms with Crippen LogP contribution in [0.2, 0.25) is 0 Å². The quantitative estimate of drug-likeness (QED) is 0.892. The van der Waals surface area contributed by atoms with E-state index in [-0.39, 0.29) is 4.90 Å². The molecule has 0 saturated heterocycles. The van der Waals surface area contributed by atoms with Crippen molar-refractivity contribution in [3.63, 3.8) is 0 Å². The molecule has 0 unspecified atom stereocenters. The molecule has 0 fully saturated rings. The van der Waals surface area contributed by atoms with Crippen LogP contribution in [0.25, 0.3) is 0 Å². The Kier molecular flexibility index (Phi) is 2.70. The number of nitrogens with one attached hydrogen (secondary N) is 1. The number of benzene rings is 1. The van der Waals surface area contributed by atoms with Crippen LogP contribution in [0.1, 0.15) is 0 Å². The molecular weight excluding hydrogens is 232 g/mol. The van der Waals surface area contributed by atoms with Crippen LogP contribution < -0.4 is 4.72 Å². The van der Waals surface area contributed by atoms with Gasteiger partial charge in [-0.1, -0.05) is 18.2 Å². The highest BCUT2D eigenvalue weighted by Crippen LogP contribution is 2.14. The highest BCUT2D eigenvalue weighted by atomic mass is 32.2. The van der Waals surface area contributed by atoms with Gasteiger partial charge in [-0.15, -0.1) is 0 Å². The maximum atomic E-state index is 11.8. The van der Waals surface area contributed by atoms with Gasteiger partial charge in [-0.25, -0.2) is 8.42 Å². The molecule has 1 N–H and O–H groups in total. The normalized spacial score (nSPS) is 11.2. The van der Waals surface area contributed by atoms with Crippen LogP contribution in [-0.4, -0.2) is 12.8 Å². The summed E-state index contributed by atoms with van der Waals surface area (Å²) in [4.78, 5) is 0.234. The summed E-state index contributed by atoms with van der Waals surface area (Å²) in [5, 5.41) is 1.71. The van der Waals surface area contributed by atoms with E-state index < -0.39 is 10.0 Å². The minimum Gasteiger partial charge on any atom is -0.263 e. The van der Waals surface area contributed by atoms with Gasteiger partial charge in [0.25, 0.3) is 10.0 Å². The Bertz CT molecular complexity index is 521. The molecule has 2 aromatic rings. The molecule has 1 aromatic carbocycles. The van der Waals surface area contributed by atoms with E-state index in [4.69, 9.17) is 0 Å². The lowest BCUT2D eigenvalue weighted by Gasteiger charge is -2.04. The maximum absolute atomic E-state index is 11.8. The lowest BCUT2D eigenvalue weighted by molar-refractivity contribution is 0.601. The number of hydrogen-bond acceptors (Lipinski definition) is 4. The van der Waals surface area contributed by atoms with Gasteiger partial charge in [0, 0.05) is 5.38 Å². The first kappa shape index (κ1) is 10.1. The summed E-state index contributed by atoms with van der Waals surface area (Å²) in [6.45, 7) is 0. The van der Waals surface area contributed by atoms with Crippen molar-refractivity contribution in [2.45, 2.75) is 4.90 Å². The Morgan fingerprint density at radius 3 is 2.47 bits per heavy atom. The summed E-state index contributed by atoms with van der Waals surface area (Å²) in [6, 6.07) is 9.81. The van der Waals surface area contributed by atoms with Crippen molar-refractivity contribution in [2.24, 2.45) is 0 Å². The number of anilines is 1. The molecule has 2 rings (SSSR count). The predicted octanol–water partition coefficient (Wildman–Crippen LogP) is 1.94. The van der Waals surface area contributed by atoms with Crippen LogP contribution in [0.4, 0.5) is 5.82 Å². The molecule has 0 bridgehead atoms. The number of nitrogens with zero attached hydrogens (tertiary/aromatic N) is 1. The van der Waals surface area contributed by atoms with Crippen LogP contribution in [0.3, 0.4) is 0 Å². The molecule has 1 heterocycles. The van der Waals surface area contributed by atoms with Gasteiger partial charge in [0.05, 0.1) is 4.90 Å². The minimum absolute atomic E-state index is 0.234. The Balaban J connectivity index is 2.29. The van der Waals surface area contributed by atoms with Crippen molar-refractivity contribution in [3.05, 3.63) is 41.8 Å². The zero-order valence-corrected chi connectivity index (χ0v) is 9.25. The van der Waals surface area contributed by atoms with Gasteiger partial charge < -0.3 is 0 Å². The van der Waals surface area contributed by atoms with E-state index in [0.717, 1.165) is 0 Å². The SMILES string of the molecule is O=S(=O)(Nc1ccsn1)c1ccccc1. The molecule has 0 amide bonds. The third-order valence-electron chi connectivity index (χ3n) is 1.73. The van der Waals surface area contributed by atoms with Crippen molar-refractivity contribution >= 4 is 27.4 Å². The molecule has 1 aromatic heterocycles. The maximum Gasteiger partial charge on any atom is 0.263 e. The van der Waals surface area contributed by atoms with E-state index in [1.54, 1.807) is 29.6 Å². The topological polar surface area (TPSA) is 59.1 Å². The number of rotatable bonds is 3. The average Bonchev–Trinajstić information content (AvgIpc) is 2.71. The molecule has 0 aliphatic rings. The van der Waals surface area contributed by atoms with Gasteiger partial charge in [0.15, 0.2) is 5.82 Å². The van der Waals surface area contributed by atoms with E-state index in [0.29, 0.717) is 5.82 Å². The number of sulfonamides is 1. The van der Waals surface area contributed by atoms with Gasteiger partial charge in [-0.2, -0.15) is 4.37 Å². The van der Waals surface area contributed by atoms with Crippen LogP contribution in [0, 0.1) is 0 Å². The summed E-state index contributed by atoms with van der Waals surface area (Å²) in [6.07, 6.45) is 0. The van der Waals surface area contributed by atoms with Crippen molar-refractivity contribution in [1.29, 1.82) is 0 Å². The molecule has 4 nitrogen and oxygen atoms in total. The third kappa shape index (κ3) is 2.34. The van der Waals surface area contributed by atoms with Crippen LogP contribution in [-0.2, 0) is 10.0 Å². The molecule has 78 valence electrons. The summed E-state index contributed by atoms with van der Waals surface area (Å²) < 4.78 is 29.8. The average molecular weight is 240 g/mol. The summed E-state index contributed by atoms with van der Waals surface area (Å²) in [5.74, 6) is 0.351. The Labute approximate surface area is 91.8 Å². The molecule has 0 saturated carbocycles. The summed E-state index contributed by atoms with van der Waals surface area (Å²) in [5.41, 5.74) is 0. The Morgan fingerprint density at radius 1 is 1.13 bits per heavy atom. The molecule has 0 aliphatic carbocycles. The van der Waals surface area contributed by atoms with Crippen molar-refractivity contribution < 1.29 is 8.42 Å². The number of hydrogen-bond donors (Lipinski definition) is 1. The molecule has 0 radical (unpaired) electrons. The van der Waals surface area contributed by atoms with Gasteiger partial charge in [-0.05, 0) is 29.7 Å². The monoisotopic (exact) mass is 240 g/mol. The zero-order chi connectivity index (χ0) is 10.7. The van der Waals surface area contributed by atoms with Crippen molar-refractivity contribution in [1.82, 2.24) is 4.37 Å². The second kappa shape index (κ2) is 4.00. The van der Waals surface area contributed by atoms with Gasteiger partial charge in [0.2, 0.25) is 0 Å². The van der Waals surface area contributed by atoms with Crippen LogP contribution >= 0.6 is 11.5 Å². The van der Waals surface area contributed by atoms with Crippen molar-refractivity contribution in [2.75, 3.05) is 4.72 Å². The van der Waals surface area contributed by atoms with Crippen molar-refractivity contribution in [3.8, 4) is 0 Å². The van der Waals surface area contributed by atoms with Crippen LogP contribution in [0.5, 0.6) is 0 Å². The van der Waals surface area contributed by atoms with E-state index in [2.05, 4.69) is 9.10 Å². The first-order valence-electron chi connectivity index (χ1n) is 4.17. The molecule has 0 spiro atoms. The summed E-state index contributed by atoms with van der Waals surface area (Å²) in [7, 11) is -3.49. The van der Waals surface area contributed by atoms with E-state index in [1.165, 1.54) is 23.7 Å². The predicted molar refractivity (Wildman–Crippen MR) is 59.4 cm³/mol. The highest BCUT2D eigenvalue weighted by Gasteiger charge is 2.13. The molecule has 15 heavy (non-hydrogen) atoms. The van der Waals surface area contributed by atoms with E-state index >= 15 is 0 Å². The number of aromatic nitrogens is 1. The fourth-order valence-corrected chi connectivity index (χ4v) is 2.61. The molecular formula is C9H8N2O2S2. The first-order valence-corrected chi connectivity index (χ1v) is 6.49.